The van der Waals surface area contributed by atoms with E-state index in [9.17, 15) is 4.79 Å². The fraction of sp³-hybridized carbons (Fsp3) is 0.400. The largest absolute Gasteiger partial charge is 0.296 e. The van der Waals surface area contributed by atoms with Crippen molar-refractivity contribution in [2.45, 2.75) is 26.2 Å². The van der Waals surface area contributed by atoms with Gasteiger partial charge in [-0.15, -0.1) is 0 Å². The van der Waals surface area contributed by atoms with Crippen molar-refractivity contribution >= 4 is 17.9 Å². The number of nitrogens with zero attached hydrogens (tertiary/aromatic N) is 1. The Bertz CT molecular complexity index is 328. The molecule has 0 fully saturated rings. The highest BCUT2D eigenvalue weighted by atomic mass is 35.5. The molecule has 0 aliphatic heterocycles. The first-order valence-corrected chi connectivity index (χ1v) is 4.44. The van der Waals surface area contributed by atoms with Crippen LogP contribution in [0.15, 0.2) is 12.1 Å². The molecular formula is C10H12ClNO. The van der Waals surface area contributed by atoms with Crippen LogP contribution in [0.2, 0.25) is 5.15 Å². The van der Waals surface area contributed by atoms with Crippen LogP contribution in [0.3, 0.4) is 0 Å². The van der Waals surface area contributed by atoms with Crippen LogP contribution in [-0.2, 0) is 5.41 Å². The summed E-state index contributed by atoms with van der Waals surface area (Å²) in [6.45, 7) is 6.19. The predicted molar refractivity (Wildman–Crippen MR) is 53.3 cm³/mol. The number of aromatic nitrogens is 1. The first-order chi connectivity index (χ1) is 5.93. The lowest BCUT2D eigenvalue weighted by atomic mass is 9.87. The number of rotatable bonds is 1. The van der Waals surface area contributed by atoms with E-state index in [4.69, 9.17) is 11.6 Å². The summed E-state index contributed by atoms with van der Waals surface area (Å²) >= 11 is 5.76. The van der Waals surface area contributed by atoms with Crippen LogP contribution < -0.4 is 0 Å². The molecule has 0 radical (unpaired) electrons. The third kappa shape index (κ3) is 2.52. The summed E-state index contributed by atoms with van der Waals surface area (Å²) in [5.41, 5.74) is 1.40. The van der Waals surface area contributed by atoms with Gasteiger partial charge >= 0.3 is 0 Å². The number of halogens is 1. The van der Waals surface area contributed by atoms with Gasteiger partial charge in [-0.3, -0.25) is 4.79 Å². The van der Waals surface area contributed by atoms with Crippen molar-refractivity contribution in [1.82, 2.24) is 4.98 Å². The molecule has 1 rings (SSSR count). The van der Waals surface area contributed by atoms with E-state index >= 15 is 0 Å². The number of hydrogen-bond donors (Lipinski definition) is 0. The van der Waals surface area contributed by atoms with Crippen LogP contribution in [0.1, 0.15) is 36.8 Å². The number of pyridine rings is 1. The van der Waals surface area contributed by atoms with Gasteiger partial charge in [-0.2, -0.15) is 0 Å². The van der Waals surface area contributed by atoms with Crippen molar-refractivity contribution in [3.05, 3.63) is 28.5 Å². The zero-order valence-electron chi connectivity index (χ0n) is 7.97. The lowest BCUT2D eigenvalue weighted by Crippen LogP contribution is -2.12. The fourth-order valence-electron chi connectivity index (χ4n) is 1.01. The molecule has 70 valence electrons. The van der Waals surface area contributed by atoms with Crippen LogP contribution in [0.25, 0.3) is 0 Å². The monoisotopic (exact) mass is 197 g/mol. The second-order valence-corrected chi connectivity index (χ2v) is 4.36. The average Bonchev–Trinajstić information content (AvgIpc) is 2.01. The van der Waals surface area contributed by atoms with Gasteiger partial charge in [0.15, 0.2) is 6.29 Å². The van der Waals surface area contributed by atoms with Crippen molar-refractivity contribution in [3.8, 4) is 0 Å². The second-order valence-electron chi connectivity index (χ2n) is 3.97. The van der Waals surface area contributed by atoms with Crippen molar-refractivity contribution in [2.24, 2.45) is 0 Å². The van der Waals surface area contributed by atoms with E-state index in [1.54, 1.807) is 12.1 Å². The van der Waals surface area contributed by atoms with Crippen LogP contribution in [-0.4, -0.2) is 11.3 Å². The molecule has 0 spiro atoms. The Morgan fingerprint density at radius 3 is 2.46 bits per heavy atom. The molecule has 3 heteroatoms. The minimum absolute atomic E-state index is 0.00958. The molecule has 2 nitrogen and oxygen atoms in total. The van der Waals surface area contributed by atoms with E-state index < -0.39 is 0 Å². The standard InChI is InChI=1S/C10H12ClNO/c1-10(2,3)7-4-8(6-13)12-9(11)5-7/h4-6H,1-3H3. The van der Waals surface area contributed by atoms with Crippen molar-refractivity contribution in [1.29, 1.82) is 0 Å². The Morgan fingerprint density at radius 2 is 2.00 bits per heavy atom. The molecule has 0 aliphatic carbocycles. The Morgan fingerprint density at radius 1 is 1.38 bits per heavy atom. The fourth-order valence-corrected chi connectivity index (χ4v) is 1.23. The summed E-state index contributed by atoms with van der Waals surface area (Å²) < 4.78 is 0. The molecule has 0 aromatic carbocycles. The average molecular weight is 198 g/mol. The Balaban J connectivity index is 3.24. The Labute approximate surface area is 82.9 Å². The van der Waals surface area contributed by atoms with Crippen molar-refractivity contribution in [3.63, 3.8) is 0 Å². The summed E-state index contributed by atoms with van der Waals surface area (Å²) in [5.74, 6) is 0. The maximum absolute atomic E-state index is 10.5. The van der Waals surface area contributed by atoms with E-state index in [1.807, 2.05) is 0 Å². The van der Waals surface area contributed by atoms with Gasteiger partial charge in [0, 0.05) is 0 Å². The molecule has 1 aromatic rings. The van der Waals surface area contributed by atoms with E-state index in [0.717, 1.165) is 5.56 Å². The molecular weight excluding hydrogens is 186 g/mol. The van der Waals surface area contributed by atoms with Crippen LogP contribution in [0.4, 0.5) is 0 Å². The lowest BCUT2D eigenvalue weighted by molar-refractivity contribution is 0.111. The molecule has 13 heavy (non-hydrogen) atoms. The van der Waals surface area contributed by atoms with Gasteiger partial charge in [0.25, 0.3) is 0 Å². The van der Waals surface area contributed by atoms with E-state index in [0.29, 0.717) is 17.1 Å². The topological polar surface area (TPSA) is 30.0 Å². The minimum Gasteiger partial charge on any atom is -0.296 e. The van der Waals surface area contributed by atoms with Crippen LogP contribution >= 0.6 is 11.6 Å². The maximum atomic E-state index is 10.5. The third-order valence-corrected chi connectivity index (χ3v) is 1.99. The zero-order valence-corrected chi connectivity index (χ0v) is 8.72. The molecule has 0 N–H and O–H groups in total. The van der Waals surface area contributed by atoms with Gasteiger partial charge in [-0.1, -0.05) is 32.4 Å². The molecule has 0 saturated carbocycles. The van der Waals surface area contributed by atoms with E-state index in [1.165, 1.54) is 0 Å². The molecule has 0 saturated heterocycles. The smallest absolute Gasteiger partial charge is 0.168 e. The predicted octanol–water partition coefficient (Wildman–Crippen LogP) is 2.85. The van der Waals surface area contributed by atoms with Crippen molar-refractivity contribution < 1.29 is 4.79 Å². The third-order valence-electron chi connectivity index (χ3n) is 1.80. The number of carbonyl (C=O) groups is 1. The molecule has 0 atom stereocenters. The Hall–Kier alpha value is -0.890. The van der Waals surface area contributed by atoms with Gasteiger partial charge in [-0.25, -0.2) is 4.98 Å². The normalized spacial score (nSPS) is 11.4. The van der Waals surface area contributed by atoms with Crippen LogP contribution in [0.5, 0.6) is 0 Å². The molecule has 0 amide bonds. The van der Waals surface area contributed by atoms with Gasteiger partial charge in [-0.05, 0) is 23.1 Å². The molecule has 1 aromatic heterocycles. The quantitative estimate of drug-likeness (QED) is 0.512. The molecule has 1 heterocycles. The van der Waals surface area contributed by atoms with Crippen LogP contribution in [0, 0.1) is 0 Å². The summed E-state index contributed by atoms with van der Waals surface area (Å²) in [7, 11) is 0. The zero-order chi connectivity index (χ0) is 10.1. The molecule has 0 aliphatic rings. The first-order valence-electron chi connectivity index (χ1n) is 4.07. The number of aldehydes is 1. The summed E-state index contributed by atoms with van der Waals surface area (Å²) in [6.07, 6.45) is 0.709. The first kappa shape index (κ1) is 10.2. The minimum atomic E-state index is -0.00958. The van der Waals surface area contributed by atoms with Gasteiger partial charge in [0.2, 0.25) is 0 Å². The van der Waals surface area contributed by atoms with E-state index in [-0.39, 0.29) is 5.41 Å². The van der Waals surface area contributed by atoms with E-state index in [2.05, 4.69) is 25.8 Å². The lowest BCUT2D eigenvalue weighted by Gasteiger charge is -2.19. The van der Waals surface area contributed by atoms with Gasteiger partial charge in [0.1, 0.15) is 10.8 Å². The summed E-state index contributed by atoms with van der Waals surface area (Å²) in [6, 6.07) is 3.55. The Kier molecular flexibility index (Phi) is 2.71. The molecule has 0 unspecified atom stereocenters. The molecule has 0 bridgehead atoms. The van der Waals surface area contributed by atoms with Gasteiger partial charge < -0.3 is 0 Å². The highest BCUT2D eigenvalue weighted by molar-refractivity contribution is 6.29. The highest BCUT2D eigenvalue weighted by Gasteiger charge is 2.15. The number of carbonyl (C=O) groups excluding carboxylic acids is 1. The van der Waals surface area contributed by atoms with Gasteiger partial charge in [0.05, 0.1) is 0 Å². The SMILES string of the molecule is CC(C)(C)c1cc(Cl)nc(C=O)c1. The maximum Gasteiger partial charge on any atom is 0.168 e. The summed E-state index contributed by atoms with van der Waals surface area (Å²) in [5, 5.41) is 0.370. The number of hydrogen-bond acceptors (Lipinski definition) is 2. The second kappa shape index (κ2) is 3.46. The summed E-state index contributed by atoms with van der Waals surface area (Å²) in [4.78, 5) is 14.4. The highest BCUT2D eigenvalue weighted by Crippen LogP contribution is 2.24. The van der Waals surface area contributed by atoms with Crippen molar-refractivity contribution in [2.75, 3.05) is 0 Å².